The van der Waals surface area contributed by atoms with E-state index in [-0.39, 0.29) is 23.4 Å². The Hall–Kier alpha value is -4.00. The fourth-order valence-corrected chi connectivity index (χ4v) is 3.14. The lowest BCUT2D eigenvalue weighted by atomic mass is 10.1. The highest BCUT2D eigenvalue weighted by Gasteiger charge is 2.15. The molecule has 2 aromatic heterocycles. The van der Waals surface area contributed by atoms with Crippen molar-refractivity contribution in [2.24, 2.45) is 5.73 Å². The number of amides is 1. The van der Waals surface area contributed by atoms with Gasteiger partial charge in [0.15, 0.2) is 0 Å². The van der Waals surface area contributed by atoms with Crippen molar-refractivity contribution in [1.82, 2.24) is 9.55 Å². The van der Waals surface area contributed by atoms with Crippen LogP contribution in [0.2, 0.25) is 0 Å². The van der Waals surface area contributed by atoms with Crippen LogP contribution in [0, 0.1) is 12.7 Å². The molecule has 30 heavy (non-hydrogen) atoms. The van der Waals surface area contributed by atoms with Crippen LogP contribution < -0.4 is 15.9 Å². The summed E-state index contributed by atoms with van der Waals surface area (Å²) >= 11 is 0. The lowest BCUT2D eigenvalue weighted by molar-refractivity contribution is 0.0999. The molecule has 0 saturated carbocycles. The zero-order valence-electron chi connectivity index (χ0n) is 16.1. The average Bonchev–Trinajstić information content (AvgIpc) is 2.74. The number of halogens is 1. The number of carbonyl (C=O) groups excluding carboxylic acids is 1. The number of aryl methyl sites for hydroxylation is 1. The first-order valence-corrected chi connectivity index (χ1v) is 9.22. The number of carbonyl (C=O) groups is 1. The molecule has 0 atom stereocenters. The molecule has 2 aromatic carbocycles. The summed E-state index contributed by atoms with van der Waals surface area (Å²) in [6, 6.07) is 14.5. The van der Waals surface area contributed by atoms with Crippen molar-refractivity contribution in [2.45, 2.75) is 13.5 Å². The van der Waals surface area contributed by atoms with Crippen LogP contribution in [0.3, 0.4) is 0 Å². The molecule has 0 fully saturated rings. The van der Waals surface area contributed by atoms with Gasteiger partial charge in [-0.25, -0.2) is 4.39 Å². The van der Waals surface area contributed by atoms with Crippen molar-refractivity contribution in [2.75, 3.05) is 0 Å². The van der Waals surface area contributed by atoms with Crippen LogP contribution in [0.4, 0.5) is 4.39 Å². The largest absolute Gasteiger partial charge is 0.489 e. The first-order chi connectivity index (χ1) is 14.4. The van der Waals surface area contributed by atoms with E-state index in [1.54, 1.807) is 41.1 Å². The molecule has 0 saturated heterocycles. The number of hydrogen-bond donors (Lipinski definition) is 1. The Kier molecular flexibility index (Phi) is 5.02. The predicted octanol–water partition coefficient (Wildman–Crippen LogP) is 3.51. The Morgan fingerprint density at radius 1 is 1.13 bits per heavy atom. The van der Waals surface area contributed by atoms with Gasteiger partial charge in [-0.2, -0.15) is 0 Å². The van der Waals surface area contributed by atoms with Gasteiger partial charge in [0.2, 0.25) is 5.43 Å². The van der Waals surface area contributed by atoms with Gasteiger partial charge >= 0.3 is 0 Å². The third-order valence-electron chi connectivity index (χ3n) is 4.72. The predicted molar refractivity (Wildman–Crippen MR) is 111 cm³/mol. The van der Waals surface area contributed by atoms with Crippen molar-refractivity contribution in [3.8, 4) is 11.4 Å². The number of pyridine rings is 2. The Morgan fingerprint density at radius 3 is 2.57 bits per heavy atom. The van der Waals surface area contributed by atoms with Gasteiger partial charge in [0.25, 0.3) is 5.91 Å². The molecule has 150 valence electrons. The monoisotopic (exact) mass is 403 g/mol. The van der Waals surface area contributed by atoms with E-state index in [1.807, 2.05) is 19.1 Å². The summed E-state index contributed by atoms with van der Waals surface area (Å²) in [6.45, 7) is 2.18. The third kappa shape index (κ3) is 3.77. The zero-order valence-corrected chi connectivity index (χ0v) is 16.1. The number of nitrogens with two attached hydrogens (primary N) is 1. The van der Waals surface area contributed by atoms with Crippen molar-refractivity contribution in [3.63, 3.8) is 0 Å². The number of fused-ring (bicyclic) bond motifs is 1. The second-order valence-electron chi connectivity index (χ2n) is 6.86. The first kappa shape index (κ1) is 19.3. The molecular weight excluding hydrogens is 385 g/mol. The fraction of sp³-hybridized carbons (Fsp3) is 0.0870. The average molecular weight is 403 g/mol. The van der Waals surface area contributed by atoms with Gasteiger partial charge in [-0.15, -0.1) is 0 Å². The highest BCUT2D eigenvalue weighted by atomic mass is 19.1. The SMILES string of the molecule is Cc1ccc(COc2ccc3c(c2)c(=O)c(C(N)=O)cn3-c2ccc(F)cc2)cn1. The van der Waals surface area contributed by atoms with Gasteiger partial charge in [-0.1, -0.05) is 6.07 Å². The Morgan fingerprint density at radius 2 is 1.90 bits per heavy atom. The van der Waals surface area contributed by atoms with Crippen molar-refractivity contribution in [1.29, 1.82) is 0 Å². The smallest absolute Gasteiger partial charge is 0.254 e. The molecule has 0 unspecified atom stereocenters. The van der Waals surface area contributed by atoms with Crippen LogP contribution in [0.1, 0.15) is 21.6 Å². The summed E-state index contributed by atoms with van der Waals surface area (Å²) in [5.41, 5.74) is 7.68. The quantitative estimate of drug-likeness (QED) is 0.552. The molecule has 7 heteroatoms. The van der Waals surface area contributed by atoms with Gasteiger partial charge < -0.3 is 15.0 Å². The topological polar surface area (TPSA) is 87.2 Å². The van der Waals surface area contributed by atoms with Crippen LogP contribution in [-0.2, 0) is 6.61 Å². The zero-order chi connectivity index (χ0) is 21.3. The third-order valence-corrected chi connectivity index (χ3v) is 4.72. The number of primary amides is 1. The summed E-state index contributed by atoms with van der Waals surface area (Å²) < 4.78 is 20.8. The molecule has 0 bridgehead atoms. The maximum atomic E-state index is 13.3. The standard InChI is InChI=1S/C23H18FN3O3/c1-14-2-3-15(11-26-14)13-30-18-8-9-21-19(10-18)22(28)20(23(25)29)12-27(21)17-6-4-16(24)5-7-17/h2-12H,13H2,1H3,(H2,25,29). The lowest BCUT2D eigenvalue weighted by Gasteiger charge is -2.14. The number of ether oxygens (including phenoxy) is 1. The summed E-state index contributed by atoms with van der Waals surface area (Å²) in [5.74, 6) is -0.761. The lowest BCUT2D eigenvalue weighted by Crippen LogP contribution is -2.23. The Balaban J connectivity index is 1.79. The molecule has 6 nitrogen and oxygen atoms in total. The number of aromatic nitrogens is 2. The van der Waals surface area contributed by atoms with Gasteiger partial charge in [0.05, 0.1) is 10.9 Å². The molecule has 4 aromatic rings. The molecule has 0 radical (unpaired) electrons. The maximum absolute atomic E-state index is 13.3. The second kappa shape index (κ2) is 7.79. The molecule has 0 aliphatic rings. The highest BCUT2D eigenvalue weighted by Crippen LogP contribution is 2.23. The second-order valence-corrected chi connectivity index (χ2v) is 6.86. The van der Waals surface area contributed by atoms with Crippen LogP contribution in [-0.4, -0.2) is 15.5 Å². The van der Waals surface area contributed by atoms with Gasteiger partial charge in [0, 0.05) is 29.3 Å². The molecule has 2 N–H and O–H groups in total. The fourth-order valence-electron chi connectivity index (χ4n) is 3.14. The van der Waals surface area contributed by atoms with Crippen LogP contribution in [0.25, 0.3) is 16.6 Å². The minimum Gasteiger partial charge on any atom is -0.489 e. The van der Waals surface area contributed by atoms with Crippen molar-refractivity contribution < 1.29 is 13.9 Å². The van der Waals surface area contributed by atoms with Crippen molar-refractivity contribution >= 4 is 16.8 Å². The minimum atomic E-state index is -0.838. The molecule has 0 aliphatic carbocycles. The van der Waals surface area contributed by atoms with Gasteiger partial charge in [-0.05, 0) is 55.5 Å². The van der Waals surface area contributed by atoms with Gasteiger partial charge in [-0.3, -0.25) is 14.6 Å². The van der Waals surface area contributed by atoms with E-state index in [0.717, 1.165) is 11.3 Å². The van der Waals surface area contributed by atoms with E-state index in [9.17, 15) is 14.0 Å². The molecule has 1 amide bonds. The Bertz CT molecular complexity index is 1300. The number of nitrogens with zero attached hydrogens (tertiary/aromatic N) is 2. The minimum absolute atomic E-state index is 0.160. The van der Waals surface area contributed by atoms with E-state index in [1.165, 1.54) is 18.3 Å². The number of rotatable bonds is 5. The highest BCUT2D eigenvalue weighted by molar-refractivity contribution is 5.96. The Labute approximate surface area is 171 Å². The van der Waals surface area contributed by atoms with E-state index in [2.05, 4.69) is 4.98 Å². The van der Waals surface area contributed by atoms with E-state index in [4.69, 9.17) is 10.5 Å². The summed E-state index contributed by atoms with van der Waals surface area (Å²) in [4.78, 5) is 28.9. The van der Waals surface area contributed by atoms with E-state index in [0.29, 0.717) is 17.0 Å². The molecule has 2 heterocycles. The molecule has 0 spiro atoms. The first-order valence-electron chi connectivity index (χ1n) is 9.22. The van der Waals surface area contributed by atoms with Crippen molar-refractivity contribution in [3.05, 3.63) is 99.9 Å². The molecule has 4 rings (SSSR count). The number of hydrogen-bond acceptors (Lipinski definition) is 4. The molecular formula is C23H18FN3O3. The number of benzene rings is 2. The summed E-state index contributed by atoms with van der Waals surface area (Å²) in [7, 11) is 0. The van der Waals surface area contributed by atoms with Crippen LogP contribution >= 0.6 is 0 Å². The van der Waals surface area contributed by atoms with Crippen LogP contribution in [0.5, 0.6) is 5.75 Å². The van der Waals surface area contributed by atoms with E-state index >= 15 is 0 Å². The maximum Gasteiger partial charge on any atom is 0.254 e. The summed E-state index contributed by atoms with van der Waals surface area (Å²) in [5, 5.41) is 0.273. The van der Waals surface area contributed by atoms with E-state index < -0.39 is 11.3 Å². The van der Waals surface area contributed by atoms with Gasteiger partial charge in [0.1, 0.15) is 23.7 Å². The summed E-state index contributed by atoms with van der Waals surface area (Å²) in [6.07, 6.45) is 3.10. The van der Waals surface area contributed by atoms with Crippen LogP contribution in [0.15, 0.2) is 71.8 Å². The normalized spacial score (nSPS) is 10.9. The molecule has 0 aliphatic heterocycles.